The van der Waals surface area contributed by atoms with Crippen molar-refractivity contribution in [3.63, 3.8) is 0 Å². The van der Waals surface area contributed by atoms with Crippen molar-refractivity contribution in [1.29, 1.82) is 0 Å². The number of halogens is 3. The van der Waals surface area contributed by atoms with E-state index in [0.717, 1.165) is 12.6 Å². The summed E-state index contributed by atoms with van der Waals surface area (Å²) in [6.45, 7) is 2.70. The Labute approximate surface area is 115 Å². The van der Waals surface area contributed by atoms with Crippen LogP contribution in [-0.2, 0) is 5.88 Å². The normalized spacial score (nSPS) is 13.4. The van der Waals surface area contributed by atoms with Gasteiger partial charge >= 0.3 is 0 Å². The average Bonchev–Trinajstić information content (AvgIpc) is 2.66. The van der Waals surface area contributed by atoms with Gasteiger partial charge in [0.25, 0.3) is 0 Å². The molecule has 0 aliphatic rings. The van der Waals surface area contributed by atoms with Crippen LogP contribution in [0, 0.1) is 11.6 Å². The second-order valence-corrected chi connectivity index (χ2v) is 5.17. The fourth-order valence-electron chi connectivity index (χ4n) is 2.36. The summed E-state index contributed by atoms with van der Waals surface area (Å²) in [6.07, 6.45) is 0. The van der Waals surface area contributed by atoms with Crippen LogP contribution in [0.5, 0.6) is 0 Å². The van der Waals surface area contributed by atoms with E-state index in [2.05, 4.69) is 4.98 Å². The van der Waals surface area contributed by atoms with E-state index >= 15 is 0 Å². The SMILES string of the molecule is CC(CN(C)C)n1c(CCl)nc2c(F)cc(F)cc21. The molecule has 0 aliphatic heterocycles. The van der Waals surface area contributed by atoms with Crippen molar-refractivity contribution in [3.8, 4) is 0 Å². The highest BCUT2D eigenvalue weighted by atomic mass is 35.5. The van der Waals surface area contributed by atoms with Crippen molar-refractivity contribution < 1.29 is 8.78 Å². The molecule has 1 unspecified atom stereocenters. The van der Waals surface area contributed by atoms with Gasteiger partial charge in [0.05, 0.1) is 11.4 Å². The number of alkyl halides is 1. The van der Waals surface area contributed by atoms with Gasteiger partial charge < -0.3 is 9.47 Å². The predicted molar refractivity (Wildman–Crippen MR) is 72.5 cm³/mol. The lowest BCUT2D eigenvalue weighted by molar-refractivity contribution is 0.337. The molecule has 0 spiro atoms. The summed E-state index contributed by atoms with van der Waals surface area (Å²) < 4.78 is 28.9. The van der Waals surface area contributed by atoms with Crippen LogP contribution in [0.4, 0.5) is 8.78 Å². The molecule has 6 heteroatoms. The first-order chi connectivity index (χ1) is 8.93. The first-order valence-electron chi connectivity index (χ1n) is 6.00. The van der Waals surface area contributed by atoms with Crippen molar-refractivity contribution >= 4 is 22.6 Å². The van der Waals surface area contributed by atoms with Gasteiger partial charge in [-0.3, -0.25) is 0 Å². The van der Waals surface area contributed by atoms with Gasteiger partial charge in [-0.25, -0.2) is 13.8 Å². The Hall–Kier alpha value is -1.20. The molecule has 0 radical (unpaired) electrons. The highest BCUT2D eigenvalue weighted by Crippen LogP contribution is 2.25. The van der Waals surface area contributed by atoms with Gasteiger partial charge in [-0.15, -0.1) is 11.6 Å². The Morgan fingerprint density at radius 1 is 1.37 bits per heavy atom. The molecular weight excluding hydrogens is 272 g/mol. The highest BCUT2D eigenvalue weighted by Gasteiger charge is 2.19. The van der Waals surface area contributed by atoms with Gasteiger partial charge in [-0.1, -0.05) is 0 Å². The van der Waals surface area contributed by atoms with Crippen molar-refractivity contribution in [1.82, 2.24) is 14.5 Å². The van der Waals surface area contributed by atoms with Crippen LogP contribution in [0.15, 0.2) is 12.1 Å². The zero-order chi connectivity index (χ0) is 14.2. The lowest BCUT2D eigenvalue weighted by atomic mass is 10.2. The molecule has 1 atom stereocenters. The average molecular weight is 288 g/mol. The minimum absolute atomic E-state index is 0.0231. The summed E-state index contributed by atoms with van der Waals surface area (Å²) >= 11 is 5.86. The molecule has 0 N–H and O–H groups in total. The van der Waals surface area contributed by atoms with Crippen LogP contribution in [0.2, 0.25) is 0 Å². The van der Waals surface area contributed by atoms with Crippen LogP contribution < -0.4 is 0 Å². The second-order valence-electron chi connectivity index (χ2n) is 4.90. The molecule has 19 heavy (non-hydrogen) atoms. The Morgan fingerprint density at radius 3 is 2.63 bits per heavy atom. The topological polar surface area (TPSA) is 21.1 Å². The number of imidazole rings is 1. The van der Waals surface area contributed by atoms with Crippen molar-refractivity contribution in [2.24, 2.45) is 0 Å². The molecule has 2 aromatic rings. The molecule has 0 saturated heterocycles. The Morgan fingerprint density at radius 2 is 2.05 bits per heavy atom. The number of nitrogens with zero attached hydrogens (tertiary/aromatic N) is 3. The molecule has 3 nitrogen and oxygen atoms in total. The number of hydrogen-bond acceptors (Lipinski definition) is 2. The minimum Gasteiger partial charge on any atom is -0.323 e. The van der Waals surface area contributed by atoms with Gasteiger partial charge in [0, 0.05) is 18.7 Å². The lowest BCUT2D eigenvalue weighted by Crippen LogP contribution is -2.23. The van der Waals surface area contributed by atoms with E-state index in [1.54, 1.807) is 4.57 Å². The maximum absolute atomic E-state index is 13.7. The van der Waals surface area contributed by atoms with E-state index in [9.17, 15) is 8.78 Å². The second kappa shape index (κ2) is 5.43. The van der Waals surface area contributed by atoms with Crippen LogP contribution >= 0.6 is 11.6 Å². The summed E-state index contributed by atoms with van der Waals surface area (Å²) in [4.78, 5) is 6.18. The summed E-state index contributed by atoms with van der Waals surface area (Å²) in [5.41, 5.74) is 0.616. The summed E-state index contributed by atoms with van der Waals surface area (Å²) in [7, 11) is 3.88. The number of rotatable bonds is 4. The Kier molecular flexibility index (Phi) is 4.06. The Balaban J connectivity index is 2.63. The van der Waals surface area contributed by atoms with E-state index in [1.165, 1.54) is 6.07 Å². The predicted octanol–water partition coefficient (Wildman–Crippen LogP) is 3.18. The number of likely N-dealkylation sites (N-methyl/N-ethyl adjacent to an activating group) is 1. The smallest absolute Gasteiger partial charge is 0.153 e. The highest BCUT2D eigenvalue weighted by molar-refractivity contribution is 6.16. The lowest BCUT2D eigenvalue weighted by Gasteiger charge is -2.20. The van der Waals surface area contributed by atoms with Gasteiger partial charge in [-0.2, -0.15) is 0 Å². The largest absolute Gasteiger partial charge is 0.323 e. The van der Waals surface area contributed by atoms with Crippen LogP contribution in [0.25, 0.3) is 11.0 Å². The number of benzene rings is 1. The summed E-state index contributed by atoms with van der Waals surface area (Å²) in [5, 5.41) is 0. The van der Waals surface area contributed by atoms with E-state index in [4.69, 9.17) is 11.6 Å². The van der Waals surface area contributed by atoms with Gasteiger partial charge in [0.15, 0.2) is 5.82 Å². The standard InChI is InChI=1S/C13H16ClF2N3/c1-8(7-18(2)3)19-11-5-9(15)4-10(16)13(11)17-12(19)6-14/h4-5,8H,6-7H2,1-3H3. The molecule has 1 heterocycles. The van der Waals surface area contributed by atoms with E-state index in [-0.39, 0.29) is 17.4 Å². The third kappa shape index (κ3) is 2.72. The molecule has 1 aromatic heterocycles. The quantitative estimate of drug-likeness (QED) is 0.806. The monoisotopic (exact) mass is 287 g/mol. The van der Waals surface area contributed by atoms with Crippen LogP contribution in [-0.4, -0.2) is 35.1 Å². The third-order valence-corrected chi connectivity index (χ3v) is 3.22. The number of fused-ring (bicyclic) bond motifs is 1. The van der Waals surface area contributed by atoms with Crippen molar-refractivity contribution in [2.75, 3.05) is 20.6 Å². The molecule has 104 valence electrons. The fourth-order valence-corrected chi connectivity index (χ4v) is 2.55. The zero-order valence-corrected chi connectivity index (χ0v) is 11.9. The maximum atomic E-state index is 13.7. The van der Waals surface area contributed by atoms with Gasteiger partial charge in [-0.05, 0) is 27.1 Å². The minimum atomic E-state index is -0.655. The fraction of sp³-hybridized carbons (Fsp3) is 0.462. The first kappa shape index (κ1) is 14.2. The van der Waals surface area contributed by atoms with Crippen molar-refractivity contribution in [3.05, 3.63) is 29.6 Å². The van der Waals surface area contributed by atoms with E-state index < -0.39 is 11.6 Å². The molecule has 0 fully saturated rings. The van der Waals surface area contributed by atoms with E-state index in [0.29, 0.717) is 11.3 Å². The third-order valence-electron chi connectivity index (χ3n) is 2.98. The molecule has 0 saturated carbocycles. The Bertz CT molecular complexity index is 595. The van der Waals surface area contributed by atoms with Gasteiger partial charge in [0.2, 0.25) is 0 Å². The van der Waals surface area contributed by atoms with Gasteiger partial charge in [0.1, 0.15) is 17.2 Å². The zero-order valence-electron chi connectivity index (χ0n) is 11.1. The molecule has 0 aliphatic carbocycles. The summed E-state index contributed by atoms with van der Waals surface area (Å²) in [5.74, 6) is -0.551. The number of hydrogen-bond donors (Lipinski definition) is 0. The molecular formula is C13H16ClF2N3. The first-order valence-corrected chi connectivity index (χ1v) is 6.54. The summed E-state index contributed by atoms with van der Waals surface area (Å²) in [6, 6.07) is 2.16. The number of aromatic nitrogens is 2. The molecule has 1 aromatic carbocycles. The maximum Gasteiger partial charge on any atom is 0.153 e. The van der Waals surface area contributed by atoms with Crippen LogP contribution in [0.3, 0.4) is 0 Å². The molecule has 0 amide bonds. The molecule has 2 rings (SSSR count). The van der Waals surface area contributed by atoms with E-state index in [1.807, 2.05) is 25.9 Å². The van der Waals surface area contributed by atoms with Crippen LogP contribution in [0.1, 0.15) is 18.8 Å². The molecule has 0 bridgehead atoms. The van der Waals surface area contributed by atoms with Crippen molar-refractivity contribution in [2.45, 2.75) is 18.8 Å².